The van der Waals surface area contributed by atoms with Crippen molar-refractivity contribution >= 4 is 83.6 Å². The summed E-state index contributed by atoms with van der Waals surface area (Å²) in [6, 6.07) is 0. The Labute approximate surface area is 708 Å². The zero-order valence-electron chi connectivity index (χ0n) is 75.7. The molecule has 8 saturated heterocycles. The summed E-state index contributed by atoms with van der Waals surface area (Å²) in [4.78, 5) is 167. The van der Waals surface area contributed by atoms with Gasteiger partial charge < -0.3 is 66.3 Å². The Morgan fingerprint density at radius 3 is 1.28 bits per heavy atom. The van der Waals surface area contributed by atoms with Gasteiger partial charge in [-0.3, -0.25) is 62.3 Å². The molecule has 0 radical (unpaired) electrons. The van der Waals surface area contributed by atoms with Gasteiger partial charge in [-0.25, -0.2) is 4.79 Å². The summed E-state index contributed by atoms with van der Waals surface area (Å²) in [5, 5.41) is 0. The molecule has 120 heavy (non-hydrogen) atoms. The van der Waals surface area contributed by atoms with Gasteiger partial charge >= 0.3 is 83.6 Å². The second kappa shape index (κ2) is 35.0. The lowest BCUT2D eigenvalue weighted by atomic mass is 9.71. The van der Waals surface area contributed by atoms with E-state index in [0.29, 0.717) is 44.4 Å². The maximum absolute atomic E-state index is 12.6. The van der Waals surface area contributed by atoms with E-state index in [0.717, 1.165) is 96.3 Å². The molecule has 24 unspecified atom stereocenters. The molecule has 8 heterocycles. The van der Waals surface area contributed by atoms with Crippen molar-refractivity contribution in [3.8, 4) is 0 Å². The van der Waals surface area contributed by atoms with E-state index in [1.807, 2.05) is 138 Å². The van der Waals surface area contributed by atoms with Crippen LogP contribution in [0.1, 0.15) is 307 Å². The predicted molar refractivity (Wildman–Crippen MR) is 428 cm³/mol. The number of carbonyl (C=O) groups excluding carboxylic acids is 14. The summed E-state index contributed by atoms with van der Waals surface area (Å²) < 4.78 is 76.9. The quantitative estimate of drug-likeness (QED) is 0.0677. The number of carbonyl (C=O) groups is 14. The molecule has 28 heteroatoms. The van der Waals surface area contributed by atoms with E-state index in [1.54, 1.807) is 13.8 Å². The number of esters is 14. The minimum Gasteiger partial charge on any atom is -0.465 e. The van der Waals surface area contributed by atoms with Crippen molar-refractivity contribution in [3.63, 3.8) is 0 Å². The van der Waals surface area contributed by atoms with Crippen molar-refractivity contribution < 1.29 is 133 Å². The van der Waals surface area contributed by atoms with Gasteiger partial charge in [0.1, 0.15) is 77.8 Å². The molecular formula is C92H138O28. The topological polar surface area (TPSA) is 368 Å². The van der Waals surface area contributed by atoms with Crippen LogP contribution in [-0.2, 0) is 133 Å². The van der Waals surface area contributed by atoms with E-state index in [1.165, 1.54) is 13.8 Å². The van der Waals surface area contributed by atoms with E-state index < -0.39 is 84.5 Å². The lowest BCUT2D eigenvalue weighted by molar-refractivity contribution is -0.221. The maximum Gasteiger partial charge on any atom is 0.350 e. The molecule has 28 nitrogen and oxygen atoms in total. The van der Waals surface area contributed by atoms with Gasteiger partial charge in [0.15, 0.2) is 0 Å². The molecule has 14 bridgehead atoms. The molecule has 0 aromatic rings. The highest BCUT2D eigenvalue weighted by Gasteiger charge is 2.68. The van der Waals surface area contributed by atoms with Gasteiger partial charge in [-0.1, -0.05) is 41.5 Å². The predicted octanol–water partition coefficient (Wildman–Crippen LogP) is 13.7. The minimum absolute atomic E-state index is 0.00383. The highest BCUT2D eigenvalue weighted by atomic mass is 16.7. The number of fused-ring (bicyclic) bond motifs is 10. The molecule has 9 saturated carbocycles. The third-order valence-corrected chi connectivity index (χ3v) is 30.8. The van der Waals surface area contributed by atoms with Crippen molar-refractivity contribution in [1.82, 2.24) is 0 Å². The lowest BCUT2D eigenvalue weighted by Gasteiger charge is -2.48. The van der Waals surface area contributed by atoms with Gasteiger partial charge in [-0.05, 0) is 240 Å². The Bertz CT molecular complexity index is 3850. The van der Waals surface area contributed by atoms with E-state index in [-0.39, 0.29) is 187 Å². The Hall–Kier alpha value is -7.42. The average molecular weight is 1690 g/mol. The summed E-state index contributed by atoms with van der Waals surface area (Å²) in [6.45, 7) is 44.6. The fourth-order valence-corrected chi connectivity index (χ4v) is 19.1. The molecular weight excluding hydrogens is 1550 g/mol. The van der Waals surface area contributed by atoms with Crippen LogP contribution in [0.3, 0.4) is 0 Å². The van der Waals surface area contributed by atoms with Crippen LogP contribution >= 0.6 is 0 Å². The zero-order chi connectivity index (χ0) is 89.3. The Balaban J connectivity index is 0.000000152. The molecule has 17 rings (SSSR count). The number of hydrogen-bond acceptors (Lipinski definition) is 28. The van der Waals surface area contributed by atoms with Crippen LogP contribution in [0, 0.1) is 104 Å². The van der Waals surface area contributed by atoms with E-state index in [4.69, 9.17) is 66.3 Å². The molecule has 0 spiro atoms. The van der Waals surface area contributed by atoms with E-state index in [2.05, 4.69) is 0 Å². The molecule has 0 amide bonds. The molecule has 0 N–H and O–H groups in total. The number of rotatable bonds is 23. The third kappa shape index (κ3) is 19.1. The van der Waals surface area contributed by atoms with Crippen LogP contribution in [0.5, 0.6) is 0 Å². The second-order valence-electron chi connectivity index (χ2n) is 42.0. The first-order chi connectivity index (χ1) is 55.5. The SMILES string of the molecule is CCC(C)(C)C(=O)OC(C)(C)C(=O)OC1C2CC3C(=O)OC1C3C2.CCC(C)(C)C(=O)OC1(C)CCC2CC1(C)OC2=O.CCC(C)(C)C(=O)OC1C2CC3CC2C(=O)OC31.CCC(C)(C)C(=O)OC1CC2CCC1(C)OC2=O.CCC(C)(C)C(=O)OC1CCC2CC1(C)OC2=O.CCC(C)(C)C(=O)OCCC(=O)OC1C2CC3C(=O)OC1C3C2. The van der Waals surface area contributed by atoms with E-state index in [9.17, 15) is 67.1 Å². The molecule has 0 aromatic carbocycles. The van der Waals surface area contributed by atoms with Gasteiger partial charge in [-0.15, -0.1) is 0 Å². The summed E-state index contributed by atoms with van der Waals surface area (Å²) in [6.07, 6.45) is 13.6. The van der Waals surface area contributed by atoms with Crippen molar-refractivity contribution in [2.45, 2.75) is 384 Å². The average Bonchev–Trinajstić information content (AvgIpc) is 1.57. The molecule has 674 valence electrons. The van der Waals surface area contributed by atoms with Crippen molar-refractivity contribution in [2.75, 3.05) is 6.61 Å². The first-order valence-corrected chi connectivity index (χ1v) is 44.5. The summed E-state index contributed by atoms with van der Waals surface area (Å²) in [5.74, 6) is -2.01. The lowest BCUT2D eigenvalue weighted by Crippen LogP contribution is -2.57. The molecule has 9 aliphatic carbocycles. The summed E-state index contributed by atoms with van der Waals surface area (Å²) >= 11 is 0. The van der Waals surface area contributed by atoms with Crippen LogP contribution in [0.4, 0.5) is 0 Å². The monoisotopic (exact) mass is 1690 g/mol. The van der Waals surface area contributed by atoms with Crippen molar-refractivity contribution in [2.24, 2.45) is 104 Å². The van der Waals surface area contributed by atoms with Crippen molar-refractivity contribution in [1.29, 1.82) is 0 Å². The normalized spacial score (nSPS) is 36.2. The molecule has 8 aliphatic heterocycles. The first kappa shape index (κ1) is 94.8. The number of hydrogen-bond donors (Lipinski definition) is 0. The standard InChI is InChI=1S/C18H26O6.C17H24O6.C15H24O4.C14H20O4.2C14H22O4/c1-6-17(2,3)15(20)24-18(4,5)16(21)23-12-9-7-10-11(8-9)14(19)22-13(10)12;1-4-17(2,3)16(20)21-6-5-12(18)22-13-9-7-10-11(8-9)15(19)23-14(10)13;1-6-13(2,3)12(17)19-14(4)8-7-10-9-15(14,5)18-11(10)16;1-4-14(2,3)13(16)18-11-8-5-7-6-9(8)12(15)17-10(7)11;1-5-13(2,3)12(16)17-10-8-9-6-7-14(10,4)18-11(9)15;1-5-13(2,3)12(16)17-10-7-6-9-8-14(10,4)18-11(9)15/h9-13H,6-8H2,1-5H3;9-11,13-14H,4-8H2,1-3H3;10H,6-9H2,1-5H3;7-11H,4-6H2,1-3H3;2*9-10H,5-8H2,1-4H3. The van der Waals surface area contributed by atoms with Gasteiger partial charge in [-0.2, -0.15) is 0 Å². The van der Waals surface area contributed by atoms with Crippen molar-refractivity contribution in [3.05, 3.63) is 0 Å². The fourth-order valence-electron chi connectivity index (χ4n) is 19.1. The van der Waals surface area contributed by atoms with Crippen LogP contribution in [-0.4, -0.2) is 167 Å². The zero-order valence-corrected chi connectivity index (χ0v) is 75.7. The van der Waals surface area contributed by atoms with Gasteiger partial charge in [0.25, 0.3) is 0 Å². The Morgan fingerprint density at radius 2 is 0.775 bits per heavy atom. The second-order valence-corrected chi connectivity index (χ2v) is 42.0. The smallest absolute Gasteiger partial charge is 0.350 e. The highest BCUT2D eigenvalue weighted by molar-refractivity contribution is 5.86. The Morgan fingerprint density at radius 1 is 0.367 bits per heavy atom. The largest absolute Gasteiger partial charge is 0.465 e. The molecule has 0 aromatic heterocycles. The fraction of sp³-hybridized carbons (Fsp3) is 0.848. The van der Waals surface area contributed by atoms with Crippen LogP contribution in [0.15, 0.2) is 0 Å². The first-order valence-electron chi connectivity index (χ1n) is 44.5. The maximum atomic E-state index is 12.6. The van der Waals surface area contributed by atoms with Crippen LogP contribution in [0.25, 0.3) is 0 Å². The summed E-state index contributed by atoms with van der Waals surface area (Å²) in [5.41, 5.74) is -7.08. The highest BCUT2D eigenvalue weighted by Crippen LogP contribution is 2.59. The Kier molecular flexibility index (Phi) is 27.6. The molecule has 24 atom stereocenters. The molecule has 17 fully saturated rings. The van der Waals surface area contributed by atoms with Crippen LogP contribution < -0.4 is 0 Å². The third-order valence-electron chi connectivity index (χ3n) is 30.8. The minimum atomic E-state index is -1.37. The molecule has 17 aliphatic rings. The van der Waals surface area contributed by atoms with Gasteiger partial charge in [0.2, 0.25) is 5.60 Å². The van der Waals surface area contributed by atoms with E-state index >= 15 is 0 Å². The van der Waals surface area contributed by atoms with Crippen LogP contribution in [0.2, 0.25) is 0 Å². The number of ether oxygens (including phenoxy) is 14. The van der Waals surface area contributed by atoms with Gasteiger partial charge in [0, 0.05) is 54.8 Å². The summed E-state index contributed by atoms with van der Waals surface area (Å²) in [7, 11) is 0. The van der Waals surface area contributed by atoms with Gasteiger partial charge in [0.05, 0.1) is 74.4 Å².